The second kappa shape index (κ2) is 6.39. The summed E-state index contributed by atoms with van der Waals surface area (Å²) >= 11 is 0. The lowest BCUT2D eigenvalue weighted by Gasteiger charge is -2.06. The van der Waals surface area contributed by atoms with Crippen LogP contribution in [-0.4, -0.2) is 25.8 Å². The monoisotopic (exact) mass is 314 g/mol. The highest BCUT2D eigenvalue weighted by molar-refractivity contribution is 5.93. The lowest BCUT2D eigenvalue weighted by atomic mass is 10.1. The van der Waals surface area contributed by atoms with Crippen LogP contribution in [0.2, 0.25) is 0 Å². The Morgan fingerprint density at radius 2 is 1.61 bits per heavy atom. The van der Waals surface area contributed by atoms with E-state index in [0.717, 1.165) is 5.56 Å². The summed E-state index contributed by atoms with van der Waals surface area (Å²) in [6, 6.07) is 11.4. The molecule has 1 heterocycles. The largest absolute Gasteiger partial charge is 0.465 e. The van der Waals surface area contributed by atoms with E-state index in [1.54, 1.807) is 18.2 Å². The highest BCUT2D eigenvalue weighted by Gasteiger charge is 2.14. The van der Waals surface area contributed by atoms with E-state index in [-0.39, 0.29) is 13.4 Å². The third-order valence-electron chi connectivity index (χ3n) is 3.35. The molecule has 118 valence electrons. The van der Waals surface area contributed by atoms with Crippen LogP contribution in [0.25, 0.3) is 0 Å². The lowest BCUT2D eigenvalue weighted by Crippen LogP contribution is -2.06. The molecule has 23 heavy (non-hydrogen) atoms. The van der Waals surface area contributed by atoms with Crippen molar-refractivity contribution in [3.63, 3.8) is 0 Å². The molecule has 0 aliphatic carbocycles. The number of hydrogen-bond donors (Lipinski definition) is 0. The van der Waals surface area contributed by atoms with E-state index in [1.165, 1.54) is 31.4 Å². The Hall–Kier alpha value is -3.02. The van der Waals surface area contributed by atoms with Gasteiger partial charge in [-0.05, 0) is 42.0 Å². The molecular formula is C17H14O6. The number of methoxy groups -OCH3 is 1. The fourth-order valence-corrected chi connectivity index (χ4v) is 2.12. The molecular weight excluding hydrogens is 300 g/mol. The van der Waals surface area contributed by atoms with Crippen molar-refractivity contribution in [2.45, 2.75) is 6.61 Å². The van der Waals surface area contributed by atoms with Gasteiger partial charge >= 0.3 is 11.9 Å². The maximum absolute atomic E-state index is 12.0. The van der Waals surface area contributed by atoms with Gasteiger partial charge in [-0.25, -0.2) is 9.59 Å². The van der Waals surface area contributed by atoms with Crippen LogP contribution in [0.15, 0.2) is 42.5 Å². The van der Waals surface area contributed by atoms with Gasteiger partial charge in [-0.3, -0.25) is 0 Å². The van der Waals surface area contributed by atoms with Crippen molar-refractivity contribution < 1.29 is 28.5 Å². The summed E-state index contributed by atoms with van der Waals surface area (Å²) in [5.41, 5.74) is 1.53. The Bertz CT molecular complexity index is 735. The van der Waals surface area contributed by atoms with Crippen molar-refractivity contribution in [3.8, 4) is 11.5 Å². The molecule has 0 aromatic heterocycles. The summed E-state index contributed by atoms with van der Waals surface area (Å²) < 4.78 is 20.3. The topological polar surface area (TPSA) is 71.1 Å². The Morgan fingerprint density at radius 3 is 2.30 bits per heavy atom. The molecule has 0 unspecified atom stereocenters. The zero-order chi connectivity index (χ0) is 16.2. The fourth-order valence-electron chi connectivity index (χ4n) is 2.12. The van der Waals surface area contributed by atoms with Gasteiger partial charge in [0, 0.05) is 0 Å². The number of esters is 2. The smallest absolute Gasteiger partial charge is 0.338 e. The van der Waals surface area contributed by atoms with Gasteiger partial charge in [0.05, 0.1) is 18.2 Å². The molecule has 0 radical (unpaired) electrons. The van der Waals surface area contributed by atoms with E-state index in [4.69, 9.17) is 14.2 Å². The number of rotatable bonds is 4. The molecule has 0 fully saturated rings. The number of carbonyl (C=O) groups is 2. The third kappa shape index (κ3) is 3.26. The molecule has 0 N–H and O–H groups in total. The van der Waals surface area contributed by atoms with Crippen LogP contribution in [0.4, 0.5) is 0 Å². The van der Waals surface area contributed by atoms with Gasteiger partial charge in [0.25, 0.3) is 0 Å². The number of fused-ring (bicyclic) bond motifs is 1. The summed E-state index contributed by atoms with van der Waals surface area (Å²) in [7, 11) is 1.30. The van der Waals surface area contributed by atoms with Gasteiger partial charge in [0.15, 0.2) is 11.5 Å². The minimum absolute atomic E-state index is 0.119. The van der Waals surface area contributed by atoms with Crippen molar-refractivity contribution in [1.29, 1.82) is 0 Å². The average Bonchev–Trinajstić information content (AvgIpc) is 3.06. The molecule has 6 heteroatoms. The molecule has 0 amide bonds. The van der Waals surface area contributed by atoms with Crippen LogP contribution in [0.1, 0.15) is 26.3 Å². The molecule has 0 atom stereocenters. The maximum atomic E-state index is 12.0. The molecule has 1 aliphatic rings. The summed E-state index contributed by atoms with van der Waals surface area (Å²) in [4.78, 5) is 23.3. The first kappa shape index (κ1) is 14.9. The molecule has 3 rings (SSSR count). The third-order valence-corrected chi connectivity index (χ3v) is 3.35. The van der Waals surface area contributed by atoms with Crippen LogP contribution in [0, 0.1) is 0 Å². The van der Waals surface area contributed by atoms with Gasteiger partial charge in [-0.15, -0.1) is 0 Å². The van der Waals surface area contributed by atoms with Crippen LogP contribution in [0.3, 0.4) is 0 Å². The number of benzene rings is 2. The van der Waals surface area contributed by atoms with E-state index in [1.807, 2.05) is 0 Å². The quantitative estimate of drug-likeness (QED) is 0.808. The minimum atomic E-state index is -0.473. The Labute approximate surface area is 132 Å². The van der Waals surface area contributed by atoms with Crippen molar-refractivity contribution >= 4 is 11.9 Å². The second-order valence-electron chi connectivity index (χ2n) is 4.83. The first-order valence-electron chi connectivity index (χ1n) is 6.91. The molecule has 0 bridgehead atoms. The Balaban J connectivity index is 1.62. The lowest BCUT2D eigenvalue weighted by molar-refractivity contribution is 0.0471. The highest BCUT2D eigenvalue weighted by atomic mass is 16.7. The molecule has 0 spiro atoms. The molecule has 1 aliphatic heterocycles. The van der Waals surface area contributed by atoms with Crippen molar-refractivity contribution in [2.24, 2.45) is 0 Å². The number of ether oxygens (including phenoxy) is 4. The predicted molar refractivity (Wildman–Crippen MR) is 79.5 cm³/mol. The van der Waals surface area contributed by atoms with E-state index in [0.29, 0.717) is 22.6 Å². The van der Waals surface area contributed by atoms with Gasteiger partial charge in [-0.2, -0.15) is 0 Å². The van der Waals surface area contributed by atoms with Gasteiger partial charge in [0.1, 0.15) is 6.61 Å². The van der Waals surface area contributed by atoms with Crippen molar-refractivity contribution in [3.05, 3.63) is 59.2 Å². The molecule has 2 aromatic carbocycles. The van der Waals surface area contributed by atoms with E-state index < -0.39 is 11.9 Å². The zero-order valence-corrected chi connectivity index (χ0v) is 12.4. The van der Waals surface area contributed by atoms with Crippen molar-refractivity contribution in [2.75, 3.05) is 13.9 Å². The zero-order valence-electron chi connectivity index (χ0n) is 12.4. The van der Waals surface area contributed by atoms with Gasteiger partial charge < -0.3 is 18.9 Å². The SMILES string of the molecule is COC(=O)c1ccc(C(=O)OCc2ccc3c(c2)OCO3)cc1. The molecule has 0 saturated carbocycles. The first-order valence-corrected chi connectivity index (χ1v) is 6.91. The fraction of sp³-hybridized carbons (Fsp3) is 0.176. The molecule has 6 nitrogen and oxygen atoms in total. The normalized spacial score (nSPS) is 11.9. The van der Waals surface area contributed by atoms with E-state index in [9.17, 15) is 9.59 Å². The standard InChI is InChI=1S/C17H14O6/c1-20-16(18)12-3-5-13(6-4-12)17(19)21-9-11-2-7-14-15(8-11)23-10-22-14/h2-8H,9-10H2,1H3. The summed E-state index contributed by atoms with van der Waals surface area (Å²) in [5, 5.41) is 0. The van der Waals surface area contributed by atoms with E-state index >= 15 is 0 Å². The van der Waals surface area contributed by atoms with Gasteiger partial charge in [-0.1, -0.05) is 6.07 Å². The number of hydrogen-bond acceptors (Lipinski definition) is 6. The highest BCUT2D eigenvalue weighted by Crippen LogP contribution is 2.32. The summed E-state index contributed by atoms with van der Waals surface area (Å²) in [5.74, 6) is 0.392. The van der Waals surface area contributed by atoms with Crippen LogP contribution < -0.4 is 9.47 Å². The minimum Gasteiger partial charge on any atom is -0.465 e. The second-order valence-corrected chi connectivity index (χ2v) is 4.83. The molecule has 0 saturated heterocycles. The van der Waals surface area contributed by atoms with Crippen LogP contribution in [0.5, 0.6) is 11.5 Å². The predicted octanol–water partition coefficient (Wildman–Crippen LogP) is 2.56. The van der Waals surface area contributed by atoms with Crippen LogP contribution in [-0.2, 0) is 16.1 Å². The molecule has 2 aromatic rings. The maximum Gasteiger partial charge on any atom is 0.338 e. The van der Waals surface area contributed by atoms with E-state index in [2.05, 4.69) is 4.74 Å². The first-order chi connectivity index (χ1) is 11.2. The average molecular weight is 314 g/mol. The Kier molecular flexibility index (Phi) is 4.14. The van der Waals surface area contributed by atoms with Crippen LogP contribution >= 0.6 is 0 Å². The summed E-state index contributed by atoms with van der Waals surface area (Å²) in [6.45, 7) is 0.319. The number of carbonyl (C=O) groups excluding carboxylic acids is 2. The van der Waals surface area contributed by atoms with Gasteiger partial charge in [0.2, 0.25) is 6.79 Å². The van der Waals surface area contributed by atoms with Crippen molar-refractivity contribution in [1.82, 2.24) is 0 Å². The summed E-state index contributed by atoms with van der Waals surface area (Å²) in [6.07, 6.45) is 0. The Morgan fingerprint density at radius 1 is 0.957 bits per heavy atom.